The van der Waals surface area contributed by atoms with Crippen LogP contribution < -0.4 is 5.32 Å². The van der Waals surface area contributed by atoms with E-state index < -0.39 is 0 Å². The molecule has 2 aliphatic heterocycles. The number of carbonyl (C=O) groups is 2. The van der Waals surface area contributed by atoms with Crippen LogP contribution in [0.25, 0.3) is 0 Å². The van der Waals surface area contributed by atoms with E-state index in [-0.39, 0.29) is 17.9 Å². The Kier molecular flexibility index (Phi) is 5.76. The Labute approximate surface area is 145 Å². The SMILES string of the molecule is CC1CCCN(C(=O)CN2CCN(C(C)C(=O)NC3CC3)CC2)C1. The van der Waals surface area contributed by atoms with Crippen molar-refractivity contribution >= 4 is 11.8 Å². The monoisotopic (exact) mass is 336 g/mol. The van der Waals surface area contributed by atoms with E-state index in [2.05, 4.69) is 22.0 Å². The Bertz CT molecular complexity index is 458. The standard InChI is InChI=1S/C18H32N4O2/c1-14-4-3-7-22(12-14)17(23)13-20-8-10-21(11-9-20)15(2)18(24)19-16-5-6-16/h14-16H,3-13H2,1-2H3,(H,19,24). The second-order valence-electron chi connectivity index (χ2n) is 7.86. The molecule has 24 heavy (non-hydrogen) atoms. The molecular weight excluding hydrogens is 304 g/mol. The molecule has 3 rings (SSSR count). The Morgan fingerprint density at radius 3 is 2.42 bits per heavy atom. The minimum absolute atomic E-state index is 0.0635. The first-order valence-corrected chi connectivity index (χ1v) is 9.57. The molecule has 3 aliphatic rings. The maximum atomic E-state index is 12.5. The summed E-state index contributed by atoms with van der Waals surface area (Å²) in [6.45, 7) is 10.1. The smallest absolute Gasteiger partial charge is 0.237 e. The van der Waals surface area contributed by atoms with Crippen molar-refractivity contribution in [2.24, 2.45) is 5.92 Å². The normalized spacial score (nSPS) is 27.8. The summed E-state index contributed by atoms with van der Waals surface area (Å²) in [7, 11) is 0. The van der Waals surface area contributed by atoms with Crippen molar-refractivity contribution in [3.05, 3.63) is 0 Å². The minimum Gasteiger partial charge on any atom is -0.352 e. The fraction of sp³-hybridized carbons (Fsp3) is 0.889. The van der Waals surface area contributed by atoms with Crippen molar-refractivity contribution in [1.82, 2.24) is 20.0 Å². The molecule has 0 aromatic carbocycles. The van der Waals surface area contributed by atoms with Gasteiger partial charge in [-0.1, -0.05) is 6.92 Å². The Balaban J connectivity index is 1.39. The van der Waals surface area contributed by atoms with E-state index in [1.54, 1.807) is 0 Å². The predicted octanol–water partition coefficient (Wildman–Crippen LogP) is 0.530. The van der Waals surface area contributed by atoms with E-state index in [4.69, 9.17) is 0 Å². The zero-order chi connectivity index (χ0) is 17.1. The van der Waals surface area contributed by atoms with Crippen LogP contribution in [0.5, 0.6) is 0 Å². The van der Waals surface area contributed by atoms with Crippen LogP contribution in [-0.2, 0) is 9.59 Å². The van der Waals surface area contributed by atoms with Gasteiger partial charge in [0.2, 0.25) is 11.8 Å². The van der Waals surface area contributed by atoms with Gasteiger partial charge in [0.25, 0.3) is 0 Å². The van der Waals surface area contributed by atoms with Crippen LogP contribution in [0.3, 0.4) is 0 Å². The largest absolute Gasteiger partial charge is 0.352 e. The highest BCUT2D eigenvalue weighted by molar-refractivity contribution is 5.82. The average Bonchev–Trinajstić information content (AvgIpc) is 3.39. The van der Waals surface area contributed by atoms with Gasteiger partial charge >= 0.3 is 0 Å². The van der Waals surface area contributed by atoms with Crippen LogP contribution in [0.4, 0.5) is 0 Å². The van der Waals surface area contributed by atoms with Crippen molar-refractivity contribution in [2.75, 3.05) is 45.8 Å². The van der Waals surface area contributed by atoms with Crippen molar-refractivity contribution in [1.29, 1.82) is 0 Å². The highest BCUT2D eigenvalue weighted by atomic mass is 16.2. The van der Waals surface area contributed by atoms with Crippen LogP contribution in [0.1, 0.15) is 39.5 Å². The van der Waals surface area contributed by atoms with Crippen molar-refractivity contribution < 1.29 is 9.59 Å². The van der Waals surface area contributed by atoms with E-state index in [9.17, 15) is 9.59 Å². The summed E-state index contributed by atoms with van der Waals surface area (Å²) in [5.41, 5.74) is 0. The molecule has 2 amide bonds. The second-order valence-corrected chi connectivity index (χ2v) is 7.86. The maximum Gasteiger partial charge on any atom is 0.237 e. The maximum absolute atomic E-state index is 12.5. The summed E-state index contributed by atoms with van der Waals surface area (Å²) in [6.07, 6.45) is 4.63. The third-order valence-electron chi connectivity index (χ3n) is 5.63. The fourth-order valence-corrected chi connectivity index (χ4v) is 3.73. The van der Waals surface area contributed by atoms with E-state index >= 15 is 0 Å². The zero-order valence-corrected chi connectivity index (χ0v) is 15.2. The molecule has 3 fully saturated rings. The van der Waals surface area contributed by atoms with E-state index in [1.807, 2.05) is 11.8 Å². The quantitative estimate of drug-likeness (QED) is 0.796. The summed E-state index contributed by atoms with van der Waals surface area (Å²) in [5.74, 6) is 1.06. The topological polar surface area (TPSA) is 55.9 Å². The molecule has 0 spiro atoms. The highest BCUT2D eigenvalue weighted by Crippen LogP contribution is 2.19. The number of likely N-dealkylation sites (tertiary alicyclic amines) is 1. The number of piperidine rings is 1. The number of rotatable bonds is 5. The molecule has 6 nitrogen and oxygen atoms in total. The van der Waals surface area contributed by atoms with Gasteiger partial charge in [0.05, 0.1) is 12.6 Å². The van der Waals surface area contributed by atoms with Gasteiger partial charge in [-0.2, -0.15) is 0 Å². The molecule has 6 heteroatoms. The lowest BCUT2D eigenvalue weighted by molar-refractivity contribution is -0.135. The van der Waals surface area contributed by atoms with E-state index in [0.717, 1.165) is 58.5 Å². The third-order valence-corrected chi connectivity index (χ3v) is 5.63. The van der Waals surface area contributed by atoms with Crippen molar-refractivity contribution in [3.63, 3.8) is 0 Å². The lowest BCUT2D eigenvalue weighted by Gasteiger charge is -2.38. The number of hydrogen-bond acceptors (Lipinski definition) is 4. The fourth-order valence-electron chi connectivity index (χ4n) is 3.73. The van der Waals surface area contributed by atoms with Crippen molar-refractivity contribution in [3.8, 4) is 0 Å². The van der Waals surface area contributed by atoms with Crippen LogP contribution in [-0.4, -0.2) is 84.4 Å². The molecule has 2 heterocycles. The van der Waals surface area contributed by atoms with Crippen LogP contribution in [0.2, 0.25) is 0 Å². The number of nitrogens with one attached hydrogen (secondary N) is 1. The molecule has 0 bridgehead atoms. The first-order valence-electron chi connectivity index (χ1n) is 9.57. The van der Waals surface area contributed by atoms with Gasteiger partial charge in [-0.15, -0.1) is 0 Å². The molecule has 2 saturated heterocycles. The van der Waals surface area contributed by atoms with E-state index in [1.165, 1.54) is 6.42 Å². The van der Waals surface area contributed by atoms with Gasteiger partial charge < -0.3 is 10.2 Å². The molecule has 2 atom stereocenters. The molecule has 1 saturated carbocycles. The molecule has 0 radical (unpaired) electrons. The lowest BCUT2D eigenvalue weighted by atomic mass is 10.0. The molecule has 1 aliphatic carbocycles. The van der Waals surface area contributed by atoms with Gasteiger partial charge in [0.1, 0.15) is 0 Å². The van der Waals surface area contributed by atoms with Crippen LogP contribution in [0, 0.1) is 5.92 Å². The van der Waals surface area contributed by atoms with Crippen LogP contribution in [0.15, 0.2) is 0 Å². The van der Waals surface area contributed by atoms with Gasteiger partial charge in [-0.05, 0) is 38.5 Å². The van der Waals surface area contributed by atoms with Gasteiger partial charge in [0.15, 0.2) is 0 Å². The number of carbonyl (C=O) groups excluding carboxylic acids is 2. The Hall–Kier alpha value is -1.14. The average molecular weight is 336 g/mol. The number of nitrogens with zero attached hydrogens (tertiary/aromatic N) is 3. The Morgan fingerprint density at radius 1 is 1.08 bits per heavy atom. The number of amides is 2. The third kappa shape index (κ3) is 4.70. The Morgan fingerprint density at radius 2 is 1.79 bits per heavy atom. The minimum atomic E-state index is -0.0635. The molecular formula is C18H32N4O2. The van der Waals surface area contributed by atoms with Gasteiger partial charge in [-0.3, -0.25) is 19.4 Å². The zero-order valence-electron chi connectivity index (χ0n) is 15.2. The predicted molar refractivity (Wildman–Crippen MR) is 93.6 cm³/mol. The molecule has 2 unspecified atom stereocenters. The lowest BCUT2D eigenvalue weighted by Crippen LogP contribution is -2.55. The molecule has 0 aromatic rings. The summed E-state index contributed by atoms with van der Waals surface area (Å²) in [6, 6.07) is 0.359. The highest BCUT2D eigenvalue weighted by Gasteiger charge is 2.31. The second kappa shape index (κ2) is 7.83. The van der Waals surface area contributed by atoms with Gasteiger partial charge in [0, 0.05) is 45.3 Å². The molecule has 1 N–H and O–H groups in total. The van der Waals surface area contributed by atoms with Gasteiger partial charge in [-0.25, -0.2) is 0 Å². The molecule has 136 valence electrons. The first kappa shape index (κ1) is 17.7. The summed E-state index contributed by atoms with van der Waals surface area (Å²) in [5, 5.41) is 3.09. The number of piperazine rings is 1. The van der Waals surface area contributed by atoms with Crippen LogP contribution >= 0.6 is 0 Å². The first-order chi connectivity index (χ1) is 11.5. The molecule has 0 aromatic heterocycles. The summed E-state index contributed by atoms with van der Waals surface area (Å²) in [4.78, 5) is 31.1. The summed E-state index contributed by atoms with van der Waals surface area (Å²) >= 11 is 0. The summed E-state index contributed by atoms with van der Waals surface area (Å²) < 4.78 is 0. The number of hydrogen-bond donors (Lipinski definition) is 1. The van der Waals surface area contributed by atoms with E-state index in [0.29, 0.717) is 18.5 Å². The van der Waals surface area contributed by atoms with Crippen molar-refractivity contribution in [2.45, 2.75) is 51.6 Å².